The minimum absolute atomic E-state index is 0.128. The Kier molecular flexibility index (Phi) is 6.63. The Morgan fingerprint density at radius 3 is 2.24 bits per heavy atom. The molecular formula is C32H29N3O3. The molecule has 4 aromatic rings. The molecule has 1 N–H and O–H groups in total. The molecule has 2 aliphatic rings. The van der Waals surface area contributed by atoms with Crippen LogP contribution < -0.4 is 15.0 Å². The van der Waals surface area contributed by atoms with Gasteiger partial charge in [-0.05, 0) is 82.9 Å². The molecule has 0 unspecified atom stereocenters. The molecule has 0 bridgehead atoms. The summed E-state index contributed by atoms with van der Waals surface area (Å²) in [7, 11) is 1.67. The van der Waals surface area contributed by atoms with Crippen molar-refractivity contribution in [3.05, 3.63) is 108 Å². The predicted molar refractivity (Wildman–Crippen MR) is 152 cm³/mol. The minimum atomic E-state index is -0.128. The van der Waals surface area contributed by atoms with E-state index in [1.165, 1.54) is 5.56 Å². The third-order valence-corrected chi connectivity index (χ3v) is 7.10. The summed E-state index contributed by atoms with van der Waals surface area (Å²) in [5.74, 6) is 0.718. The molecule has 4 aromatic carbocycles. The number of carbonyl (C=O) groups is 1. The summed E-state index contributed by atoms with van der Waals surface area (Å²) >= 11 is 0. The van der Waals surface area contributed by atoms with Gasteiger partial charge < -0.3 is 19.7 Å². The van der Waals surface area contributed by atoms with Crippen LogP contribution in [-0.4, -0.2) is 45.0 Å². The summed E-state index contributed by atoms with van der Waals surface area (Å²) in [6, 6.07) is 30.1. The maximum atomic E-state index is 12.8. The average Bonchev–Trinajstić information content (AvgIpc) is 3.42. The molecule has 0 atom stereocenters. The standard InChI is InChI=1S/C32H29N3O3/c1-37-29-13-6-22(7-14-29)25-8-15-30-26(20-25)21-31(34-30)23-2-4-24(5-3-23)32(36)33-27-9-11-28(12-10-27)35-16-18-38-19-17-35/h2-15,20H,16-19,21H2,1H3,(H,33,36). The molecule has 2 heterocycles. The van der Waals surface area contributed by atoms with Crippen molar-refractivity contribution in [3.63, 3.8) is 0 Å². The lowest BCUT2D eigenvalue weighted by Crippen LogP contribution is -2.36. The van der Waals surface area contributed by atoms with Crippen LogP contribution in [0.2, 0.25) is 0 Å². The number of morpholine rings is 1. The van der Waals surface area contributed by atoms with Gasteiger partial charge in [0.1, 0.15) is 5.75 Å². The Morgan fingerprint density at radius 2 is 1.53 bits per heavy atom. The van der Waals surface area contributed by atoms with Crippen molar-refractivity contribution in [2.75, 3.05) is 43.6 Å². The van der Waals surface area contributed by atoms with Crippen LogP contribution in [0.15, 0.2) is 96.0 Å². The molecule has 6 nitrogen and oxygen atoms in total. The molecule has 0 aliphatic carbocycles. The van der Waals surface area contributed by atoms with Gasteiger partial charge in [0.25, 0.3) is 5.91 Å². The quantitative estimate of drug-likeness (QED) is 0.344. The van der Waals surface area contributed by atoms with Crippen molar-refractivity contribution in [1.29, 1.82) is 0 Å². The van der Waals surface area contributed by atoms with Crippen LogP contribution in [-0.2, 0) is 11.2 Å². The zero-order valence-corrected chi connectivity index (χ0v) is 21.3. The first-order chi connectivity index (χ1) is 18.7. The normalized spacial score (nSPS) is 14.6. The van der Waals surface area contributed by atoms with Crippen LogP contribution in [0.3, 0.4) is 0 Å². The number of nitrogens with zero attached hydrogens (tertiary/aromatic N) is 2. The highest BCUT2D eigenvalue weighted by atomic mass is 16.5. The second kappa shape index (κ2) is 10.5. The van der Waals surface area contributed by atoms with E-state index >= 15 is 0 Å². The molecular weight excluding hydrogens is 474 g/mol. The number of fused-ring (bicyclic) bond motifs is 1. The molecule has 1 fully saturated rings. The molecule has 6 rings (SSSR count). The fraction of sp³-hybridized carbons (Fsp3) is 0.188. The van der Waals surface area contributed by atoms with Gasteiger partial charge in [0.15, 0.2) is 0 Å². The zero-order chi connectivity index (χ0) is 25.9. The van der Waals surface area contributed by atoms with Gasteiger partial charge in [0, 0.05) is 36.4 Å². The van der Waals surface area contributed by atoms with E-state index in [0.29, 0.717) is 5.56 Å². The van der Waals surface area contributed by atoms with E-state index in [0.717, 1.165) is 77.9 Å². The molecule has 1 saturated heterocycles. The van der Waals surface area contributed by atoms with Gasteiger partial charge >= 0.3 is 0 Å². The van der Waals surface area contributed by atoms with Crippen molar-refractivity contribution in [2.45, 2.75) is 6.42 Å². The molecule has 0 spiro atoms. The number of anilines is 2. The van der Waals surface area contributed by atoms with E-state index < -0.39 is 0 Å². The third kappa shape index (κ3) is 5.04. The van der Waals surface area contributed by atoms with Crippen LogP contribution >= 0.6 is 0 Å². The lowest BCUT2D eigenvalue weighted by Gasteiger charge is -2.28. The number of hydrogen-bond donors (Lipinski definition) is 1. The number of ether oxygens (including phenoxy) is 2. The van der Waals surface area contributed by atoms with E-state index in [1.54, 1.807) is 7.11 Å². The van der Waals surface area contributed by atoms with Gasteiger partial charge in [-0.2, -0.15) is 0 Å². The van der Waals surface area contributed by atoms with Crippen molar-refractivity contribution in [1.82, 2.24) is 0 Å². The topological polar surface area (TPSA) is 63.2 Å². The molecule has 38 heavy (non-hydrogen) atoms. The second-order valence-corrected chi connectivity index (χ2v) is 9.49. The van der Waals surface area contributed by atoms with Crippen molar-refractivity contribution < 1.29 is 14.3 Å². The highest BCUT2D eigenvalue weighted by molar-refractivity contribution is 6.08. The second-order valence-electron chi connectivity index (χ2n) is 9.49. The van der Waals surface area contributed by atoms with Crippen LogP contribution in [0.1, 0.15) is 21.5 Å². The van der Waals surface area contributed by atoms with E-state index in [-0.39, 0.29) is 5.91 Å². The zero-order valence-electron chi connectivity index (χ0n) is 21.3. The molecule has 6 heteroatoms. The number of nitrogens with one attached hydrogen (secondary N) is 1. The van der Waals surface area contributed by atoms with E-state index in [1.807, 2.05) is 60.7 Å². The number of methoxy groups -OCH3 is 1. The van der Waals surface area contributed by atoms with Crippen LogP contribution in [0.4, 0.5) is 17.1 Å². The molecule has 190 valence electrons. The summed E-state index contributed by atoms with van der Waals surface area (Å²) in [6.45, 7) is 3.27. The van der Waals surface area contributed by atoms with Gasteiger partial charge in [0.2, 0.25) is 0 Å². The number of amides is 1. The highest BCUT2D eigenvalue weighted by Crippen LogP contribution is 2.33. The van der Waals surface area contributed by atoms with E-state index in [2.05, 4.69) is 40.5 Å². The Bertz CT molecular complexity index is 1470. The van der Waals surface area contributed by atoms with Crippen molar-refractivity contribution in [3.8, 4) is 16.9 Å². The summed E-state index contributed by atoms with van der Waals surface area (Å²) in [5.41, 5.74) is 9.08. The molecule has 0 aromatic heterocycles. The number of aliphatic imine (C=N–C) groups is 1. The molecule has 1 amide bonds. The third-order valence-electron chi connectivity index (χ3n) is 7.10. The number of rotatable bonds is 6. The maximum Gasteiger partial charge on any atom is 0.255 e. The average molecular weight is 504 g/mol. The van der Waals surface area contributed by atoms with Gasteiger partial charge in [-0.3, -0.25) is 9.79 Å². The van der Waals surface area contributed by atoms with Crippen molar-refractivity contribution >= 4 is 28.7 Å². The Labute approximate surface area is 222 Å². The van der Waals surface area contributed by atoms with Crippen LogP contribution in [0, 0.1) is 0 Å². The number of hydrogen-bond acceptors (Lipinski definition) is 5. The Balaban J connectivity index is 1.10. The summed E-state index contributed by atoms with van der Waals surface area (Å²) in [5, 5.41) is 3.00. The first kappa shape index (κ1) is 23.9. The minimum Gasteiger partial charge on any atom is -0.497 e. The first-order valence-corrected chi connectivity index (χ1v) is 12.9. The van der Waals surface area contributed by atoms with Crippen LogP contribution in [0.25, 0.3) is 11.1 Å². The summed E-state index contributed by atoms with van der Waals surface area (Å²) in [6.07, 6.45) is 0.764. The predicted octanol–water partition coefficient (Wildman–Crippen LogP) is 6.13. The van der Waals surface area contributed by atoms with E-state index in [4.69, 9.17) is 14.5 Å². The molecule has 0 saturated carbocycles. The number of carbonyl (C=O) groups excluding carboxylic acids is 1. The van der Waals surface area contributed by atoms with Gasteiger partial charge in [-0.1, -0.05) is 30.3 Å². The van der Waals surface area contributed by atoms with Gasteiger partial charge in [-0.25, -0.2) is 0 Å². The van der Waals surface area contributed by atoms with Gasteiger partial charge in [-0.15, -0.1) is 0 Å². The summed E-state index contributed by atoms with van der Waals surface area (Å²) < 4.78 is 10.7. The lowest BCUT2D eigenvalue weighted by atomic mass is 9.99. The fourth-order valence-electron chi connectivity index (χ4n) is 4.93. The van der Waals surface area contributed by atoms with Crippen LogP contribution in [0.5, 0.6) is 5.75 Å². The van der Waals surface area contributed by atoms with Gasteiger partial charge in [0.05, 0.1) is 31.7 Å². The maximum absolute atomic E-state index is 12.8. The molecule has 2 aliphatic heterocycles. The molecule has 0 radical (unpaired) electrons. The van der Waals surface area contributed by atoms with E-state index in [9.17, 15) is 4.79 Å². The van der Waals surface area contributed by atoms with Crippen molar-refractivity contribution in [2.24, 2.45) is 4.99 Å². The summed E-state index contributed by atoms with van der Waals surface area (Å²) in [4.78, 5) is 20.0. The monoisotopic (exact) mass is 503 g/mol. The first-order valence-electron chi connectivity index (χ1n) is 12.9. The lowest BCUT2D eigenvalue weighted by molar-refractivity contribution is 0.102. The Hall–Kier alpha value is -4.42. The largest absolute Gasteiger partial charge is 0.497 e. The number of benzene rings is 4. The SMILES string of the molecule is COc1ccc(-c2ccc3c(c2)CC(c2ccc(C(=O)Nc4ccc(N5CCOCC5)cc4)cc2)=N3)cc1. The Morgan fingerprint density at radius 1 is 0.842 bits per heavy atom. The highest BCUT2D eigenvalue weighted by Gasteiger charge is 2.18. The fourth-order valence-corrected chi connectivity index (χ4v) is 4.93. The smallest absolute Gasteiger partial charge is 0.255 e.